The number of carbonyl (C=O) groups excluding carboxylic acids is 1. The predicted octanol–water partition coefficient (Wildman–Crippen LogP) is 1.65. The van der Waals surface area contributed by atoms with Crippen molar-refractivity contribution in [2.24, 2.45) is 0 Å². The molecule has 0 aromatic heterocycles. The monoisotopic (exact) mass is 471 g/mol. The van der Waals surface area contributed by atoms with Crippen LogP contribution in [0.1, 0.15) is 10.4 Å². The first kappa shape index (κ1) is 23.5. The van der Waals surface area contributed by atoms with E-state index in [0.717, 1.165) is 45.0 Å². The number of benzene rings is 2. The zero-order chi connectivity index (χ0) is 23.6. The molecular formula is C24H33N5O3S. The lowest BCUT2D eigenvalue weighted by Gasteiger charge is -2.37. The Labute approximate surface area is 197 Å². The molecule has 1 amide bonds. The highest BCUT2D eigenvalue weighted by Crippen LogP contribution is 2.30. The lowest BCUT2D eigenvalue weighted by Crippen LogP contribution is -2.49. The number of amides is 1. The van der Waals surface area contributed by atoms with Crippen molar-refractivity contribution in [2.75, 3.05) is 83.3 Å². The fraction of sp³-hybridized carbons (Fsp3) is 0.458. The zero-order valence-corrected chi connectivity index (χ0v) is 20.5. The molecule has 0 bridgehead atoms. The Bertz CT molecular complexity index is 1070. The summed E-state index contributed by atoms with van der Waals surface area (Å²) in [5.41, 5.74) is 2.24. The number of likely N-dealkylation sites (N-methyl/N-ethyl adjacent to an activating group) is 1. The lowest BCUT2D eigenvalue weighted by atomic mass is 10.1. The first-order valence-electron chi connectivity index (χ1n) is 11.4. The van der Waals surface area contributed by atoms with E-state index in [1.807, 2.05) is 23.1 Å². The minimum absolute atomic E-state index is 0.122. The first-order chi connectivity index (χ1) is 15.8. The number of hydrogen-bond acceptors (Lipinski definition) is 6. The van der Waals surface area contributed by atoms with E-state index >= 15 is 0 Å². The van der Waals surface area contributed by atoms with Gasteiger partial charge in [-0.1, -0.05) is 18.2 Å². The standard InChI is InChI=1S/C24H33N5O3S/c1-25(2)33(31,32)23-19-20(9-10-22(23)28-13-11-26(3)12-14-28)24(30)29-17-15-27(16-18-29)21-7-5-4-6-8-21/h4-10,19H,11-18H2,1-3H3. The van der Waals surface area contributed by atoms with E-state index in [1.165, 1.54) is 18.4 Å². The minimum Gasteiger partial charge on any atom is -0.368 e. The van der Waals surface area contributed by atoms with Crippen molar-refractivity contribution in [1.82, 2.24) is 14.1 Å². The molecule has 33 heavy (non-hydrogen) atoms. The second-order valence-corrected chi connectivity index (χ2v) is 11.0. The molecule has 2 fully saturated rings. The normalized spacial score (nSPS) is 18.1. The van der Waals surface area contributed by atoms with E-state index in [0.29, 0.717) is 24.3 Å². The number of nitrogens with zero attached hydrogens (tertiary/aromatic N) is 5. The van der Waals surface area contributed by atoms with E-state index in [2.05, 4.69) is 33.9 Å². The van der Waals surface area contributed by atoms with Gasteiger partial charge in [0.25, 0.3) is 5.91 Å². The summed E-state index contributed by atoms with van der Waals surface area (Å²) in [4.78, 5) is 21.9. The molecule has 0 N–H and O–H groups in total. The predicted molar refractivity (Wildman–Crippen MR) is 132 cm³/mol. The summed E-state index contributed by atoms with van der Waals surface area (Å²) in [7, 11) is 1.42. The highest BCUT2D eigenvalue weighted by molar-refractivity contribution is 7.89. The molecule has 0 saturated carbocycles. The fourth-order valence-electron chi connectivity index (χ4n) is 4.35. The van der Waals surface area contributed by atoms with Crippen LogP contribution < -0.4 is 9.80 Å². The maximum Gasteiger partial charge on any atom is 0.254 e. The largest absolute Gasteiger partial charge is 0.368 e. The summed E-state index contributed by atoms with van der Waals surface area (Å²) in [6, 6.07) is 15.3. The molecular weight excluding hydrogens is 438 g/mol. The van der Waals surface area contributed by atoms with Crippen LogP contribution in [-0.2, 0) is 10.0 Å². The summed E-state index contributed by atoms with van der Waals surface area (Å²) < 4.78 is 27.6. The zero-order valence-electron chi connectivity index (χ0n) is 19.6. The van der Waals surface area contributed by atoms with E-state index < -0.39 is 10.0 Å². The number of hydrogen-bond donors (Lipinski definition) is 0. The van der Waals surface area contributed by atoms with Gasteiger partial charge in [-0.05, 0) is 37.4 Å². The van der Waals surface area contributed by atoms with Crippen LogP contribution in [0, 0.1) is 0 Å². The molecule has 2 aliphatic rings. The molecule has 2 aromatic rings. The molecule has 0 aliphatic carbocycles. The van der Waals surface area contributed by atoms with Crippen LogP contribution in [0.5, 0.6) is 0 Å². The van der Waals surface area contributed by atoms with Crippen LogP contribution in [-0.4, -0.2) is 102 Å². The van der Waals surface area contributed by atoms with Gasteiger partial charge in [-0.25, -0.2) is 12.7 Å². The van der Waals surface area contributed by atoms with Crippen molar-refractivity contribution in [3.63, 3.8) is 0 Å². The Morgan fingerprint density at radius 3 is 2.03 bits per heavy atom. The fourth-order valence-corrected chi connectivity index (χ4v) is 5.48. The molecule has 4 rings (SSSR count). The van der Waals surface area contributed by atoms with Crippen molar-refractivity contribution in [3.8, 4) is 0 Å². The minimum atomic E-state index is -3.70. The highest BCUT2D eigenvalue weighted by atomic mass is 32.2. The third-order valence-electron chi connectivity index (χ3n) is 6.50. The first-order valence-corrected chi connectivity index (χ1v) is 12.8. The Balaban J connectivity index is 1.56. The van der Waals surface area contributed by atoms with Gasteiger partial charge in [0.15, 0.2) is 0 Å². The average molecular weight is 472 g/mol. The van der Waals surface area contributed by atoms with Gasteiger partial charge >= 0.3 is 0 Å². The van der Waals surface area contributed by atoms with Crippen LogP contribution in [0.2, 0.25) is 0 Å². The lowest BCUT2D eigenvalue weighted by molar-refractivity contribution is 0.0746. The Hall–Kier alpha value is -2.62. The Morgan fingerprint density at radius 1 is 0.818 bits per heavy atom. The Kier molecular flexibility index (Phi) is 6.92. The van der Waals surface area contributed by atoms with Gasteiger partial charge in [0.1, 0.15) is 4.90 Å². The van der Waals surface area contributed by atoms with Gasteiger partial charge in [-0.15, -0.1) is 0 Å². The summed E-state index contributed by atoms with van der Waals surface area (Å²) >= 11 is 0. The van der Waals surface area contributed by atoms with Crippen molar-refractivity contribution in [3.05, 3.63) is 54.1 Å². The maximum absolute atomic E-state index is 13.3. The van der Waals surface area contributed by atoms with Gasteiger partial charge in [0.2, 0.25) is 10.0 Å². The second-order valence-electron chi connectivity index (χ2n) is 8.88. The van der Waals surface area contributed by atoms with E-state index in [-0.39, 0.29) is 10.8 Å². The highest BCUT2D eigenvalue weighted by Gasteiger charge is 2.29. The van der Waals surface area contributed by atoms with Crippen LogP contribution in [0.25, 0.3) is 0 Å². The number of rotatable bonds is 5. The van der Waals surface area contributed by atoms with Gasteiger partial charge in [0, 0.05) is 77.7 Å². The molecule has 2 aliphatic heterocycles. The van der Waals surface area contributed by atoms with Gasteiger partial charge in [-0.3, -0.25) is 4.79 Å². The molecule has 8 nitrogen and oxygen atoms in total. The molecule has 0 unspecified atom stereocenters. The number of sulfonamides is 1. The third kappa shape index (κ3) is 5.00. The van der Waals surface area contributed by atoms with Crippen LogP contribution in [0.3, 0.4) is 0 Å². The molecule has 9 heteroatoms. The van der Waals surface area contributed by atoms with Crippen molar-refractivity contribution >= 4 is 27.3 Å². The van der Waals surface area contributed by atoms with Crippen LogP contribution in [0.15, 0.2) is 53.4 Å². The molecule has 2 saturated heterocycles. The smallest absolute Gasteiger partial charge is 0.254 e. The van der Waals surface area contributed by atoms with Gasteiger partial charge in [-0.2, -0.15) is 0 Å². The summed E-state index contributed by atoms with van der Waals surface area (Å²) in [6.07, 6.45) is 0. The second kappa shape index (κ2) is 9.70. The summed E-state index contributed by atoms with van der Waals surface area (Å²) in [6.45, 7) is 5.94. The molecule has 0 radical (unpaired) electrons. The van der Waals surface area contributed by atoms with E-state index in [9.17, 15) is 13.2 Å². The average Bonchev–Trinajstić information content (AvgIpc) is 2.84. The van der Waals surface area contributed by atoms with Crippen molar-refractivity contribution in [1.29, 1.82) is 0 Å². The number of piperazine rings is 2. The van der Waals surface area contributed by atoms with Crippen molar-refractivity contribution in [2.45, 2.75) is 4.90 Å². The molecule has 2 aromatic carbocycles. The van der Waals surface area contributed by atoms with Crippen LogP contribution >= 0.6 is 0 Å². The SMILES string of the molecule is CN1CCN(c2ccc(C(=O)N3CCN(c4ccccc4)CC3)cc2S(=O)(=O)N(C)C)CC1. The number of para-hydroxylation sites is 1. The topological polar surface area (TPSA) is 67.4 Å². The van der Waals surface area contributed by atoms with Crippen LogP contribution in [0.4, 0.5) is 11.4 Å². The molecule has 0 spiro atoms. The molecule has 2 heterocycles. The maximum atomic E-state index is 13.3. The third-order valence-corrected chi connectivity index (χ3v) is 8.34. The van der Waals surface area contributed by atoms with Gasteiger partial charge < -0.3 is 19.6 Å². The van der Waals surface area contributed by atoms with Crippen molar-refractivity contribution < 1.29 is 13.2 Å². The summed E-state index contributed by atoms with van der Waals surface area (Å²) in [5, 5.41) is 0. The number of anilines is 2. The molecule has 178 valence electrons. The van der Waals surface area contributed by atoms with E-state index in [4.69, 9.17) is 0 Å². The van der Waals surface area contributed by atoms with Gasteiger partial charge in [0.05, 0.1) is 5.69 Å². The van der Waals surface area contributed by atoms with E-state index in [1.54, 1.807) is 18.2 Å². The number of carbonyl (C=O) groups is 1. The Morgan fingerprint density at radius 2 is 1.42 bits per heavy atom. The summed E-state index contributed by atoms with van der Waals surface area (Å²) in [5.74, 6) is -0.122. The molecule has 0 atom stereocenters. The quantitative estimate of drug-likeness (QED) is 0.661.